The molecule has 108 valence electrons. The van der Waals surface area contributed by atoms with Crippen molar-refractivity contribution in [3.8, 4) is 0 Å². The van der Waals surface area contributed by atoms with E-state index in [1.54, 1.807) is 11.0 Å². The Morgan fingerprint density at radius 1 is 1.29 bits per heavy atom. The van der Waals surface area contributed by atoms with Gasteiger partial charge >= 0.3 is 0 Å². The molecule has 0 saturated carbocycles. The first kappa shape index (κ1) is 12.7. The lowest BCUT2D eigenvalue weighted by atomic mass is 10.1. The number of carbonyl (C=O) groups excluding carboxylic acids is 1. The number of anilines is 1. The maximum Gasteiger partial charge on any atom is 0.267 e. The molecule has 4 rings (SSSR count). The van der Waals surface area contributed by atoms with E-state index in [-0.39, 0.29) is 12.5 Å². The molecule has 3 aliphatic rings. The molecule has 3 aliphatic heterocycles. The summed E-state index contributed by atoms with van der Waals surface area (Å²) in [4.78, 5) is 28.6. The van der Waals surface area contributed by atoms with Gasteiger partial charge in [0.15, 0.2) is 17.5 Å². The molecule has 0 spiro atoms. The third-order valence-corrected chi connectivity index (χ3v) is 4.08. The SMILES string of the molecule is CNC1CN(C2=Nc3ccc(Cl)nc3N3CC(=O)N=C23)C1. The molecule has 7 nitrogen and oxygen atoms in total. The number of nitrogens with zero attached hydrogens (tertiary/aromatic N) is 5. The van der Waals surface area contributed by atoms with Gasteiger partial charge in [0.2, 0.25) is 0 Å². The molecule has 0 bridgehead atoms. The molecule has 1 N–H and O–H groups in total. The van der Waals surface area contributed by atoms with Gasteiger partial charge in [-0.2, -0.15) is 4.99 Å². The summed E-state index contributed by atoms with van der Waals surface area (Å²) in [6.45, 7) is 1.90. The summed E-state index contributed by atoms with van der Waals surface area (Å²) in [6, 6.07) is 3.97. The number of carbonyl (C=O) groups is 1. The van der Waals surface area contributed by atoms with Gasteiger partial charge in [-0.3, -0.25) is 9.69 Å². The van der Waals surface area contributed by atoms with Gasteiger partial charge in [0, 0.05) is 19.1 Å². The maximum atomic E-state index is 11.7. The summed E-state index contributed by atoms with van der Waals surface area (Å²) in [6.07, 6.45) is 0. The molecule has 1 aromatic heterocycles. The van der Waals surface area contributed by atoms with Crippen LogP contribution in [0.15, 0.2) is 22.1 Å². The Balaban J connectivity index is 1.77. The number of amidine groups is 2. The van der Waals surface area contributed by atoms with E-state index in [0.29, 0.717) is 22.8 Å². The van der Waals surface area contributed by atoms with Crippen LogP contribution in [0, 0.1) is 0 Å². The number of rotatable bonds is 1. The van der Waals surface area contributed by atoms with Gasteiger partial charge < -0.3 is 10.2 Å². The zero-order chi connectivity index (χ0) is 14.6. The highest BCUT2D eigenvalue weighted by atomic mass is 35.5. The monoisotopic (exact) mass is 304 g/mol. The fourth-order valence-electron chi connectivity index (χ4n) is 2.68. The van der Waals surface area contributed by atoms with E-state index in [4.69, 9.17) is 11.6 Å². The molecule has 1 fully saturated rings. The van der Waals surface area contributed by atoms with Gasteiger partial charge in [0.25, 0.3) is 5.91 Å². The van der Waals surface area contributed by atoms with Crippen LogP contribution < -0.4 is 10.2 Å². The number of likely N-dealkylation sites (tertiary alicyclic amines) is 1. The highest BCUT2D eigenvalue weighted by Gasteiger charge is 2.40. The normalized spacial score (nSPS) is 20.8. The van der Waals surface area contributed by atoms with Gasteiger partial charge in [-0.1, -0.05) is 11.6 Å². The number of pyridine rings is 1. The van der Waals surface area contributed by atoms with E-state index < -0.39 is 0 Å². The number of amides is 1. The molecule has 8 heteroatoms. The van der Waals surface area contributed by atoms with Crippen molar-refractivity contribution in [2.24, 2.45) is 9.98 Å². The summed E-state index contributed by atoms with van der Waals surface area (Å²) in [5.74, 6) is 1.74. The Hall–Kier alpha value is -1.99. The summed E-state index contributed by atoms with van der Waals surface area (Å²) in [5.41, 5.74) is 0.718. The Bertz CT molecular complexity index is 694. The van der Waals surface area contributed by atoms with Crippen LogP contribution in [-0.4, -0.2) is 60.2 Å². The standard InChI is InChI=1S/C13H13ClN6O/c1-15-7-4-19(5-7)12-13-18-10(21)6-20(13)11-8(16-12)2-3-9(14)17-11/h2-3,7,15H,4-6H2,1H3. The van der Waals surface area contributed by atoms with Crippen molar-refractivity contribution in [1.82, 2.24) is 15.2 Å². The second-order valence-corrected chi connectivity index (χ2v) is 5.61. The molecule has 1 aromatic rings. The molecular weight excluding hydrogens is 292 g/mol. The number of aromatic nitrogens is 1. The fourth-order valence-corrected chi connectivity index (χ4v) is 2.83. The third-order valence-electron chi connectivity index (χ3n) is 3.87. The van der Waals surface area contributed by atoms with Crippen LogP contribution in [0.4, 0.5) is 11.5 Å². The predicted molar refractivity (Wildman–Crippen MR) is 80.6 cm³/mol. The summed E-state index contributed by atoms with van der Waals surface area (Å²) in [7, 11) is 1.94. The molecule has 1 amide bonds. The predicted octanol–water partition coefficient (Wildman–Crippen LogP) is 0.427. The zero-order valence-electron chi connectivity index (χ0n) is 11.4. The average molecular weight is 305 g/mol. The number of fused-ring (bicyclic) bond motifs is 3. The van der Waals surface area contributed by atoms with Gasteiger partial charge in [0.1, 0.15) is 17.4 Å². The molecule has 21 heavy (non-hydrogen) atoms. The number of halogens is 1. The van der Waals surface area contributed by atoms with Crippen molar-refractivity contribution in [3.63, 3.8) is 0 Å². The summed E-state index contributed by atoms with van der Waals surface area (Å²) >= 11 is 5.95. The van der Waals surface area contributed by atoms with Gasteiger partial charge in [-0.15, -0.1) is 0 Å². The highest BCUT2D eigenvalue weighted by Crippen LogP contribution is 2.35. The first-order valence-electron chi connectivity index (χ1n) is 6.72. The van der Waals surface area contributed by atoms with Gasteiger partial charge in [0.05, 0.1) is 0 Å². The number of nitrogens with one attached hydrogen (secondary N) is 1. The Labute approximate surface area is 126 Å². The average Bonchev–Trinajstić information content (AvgIpc) is 2.80. The van der Waals surface area contributed by atoms with Crippen molar-refractivity contribution in [2.45, 2.75) is 6.04 Å². The van der Waals surface area contributed by atoms with E-state index in [9.17, 15) is 4.79 Å². The van der Waals surface area contributed by atoms with Crippen LogP contribution in [0.3, 0.4) is 0 Å². The first-order valence-corrected chi connectivity index (χ1v) is 7.10. The molecule has 0 atom stereocenters. The minimum Gasteiger partial charge on any atom is -0.350 e. The van der Waals surface area contributed by atoms with E-state index in [1.807, 2.05) is 13.1 Å². The zero-order valence-corrected chi connectivity index (χ0v) is 12.1. The number of hydrogen-bond donors (Lipinski definition) is 1. The van der Waals surface area contributed by atoms with E-state index in [0.717, 1.165) is 24.6 Å². The molecule has 0 unspecified atom stereocenters. The maximum absolute atomic E-state index is 11.7. The molecule has 0 radical (unpaired) electrons. The van der Waals surface area contributed by atoms with Crippen molar-refractivity contribution >= 4 is 40.7 Å². The molecule has 0 aromatic carbocycles. The quantitative estimate of drug-likeness (QED) is 0.762. The lowest BCUT2D eigenvalue weighted by Crippen LogP contribution is -2.62. The molecule has 4 heterocycles. The van der Waals surface area contributed by atoms with Gasteiger partial charge in [-0.05, 0) is 19.2 Å². The summed E-state index contributed by atoms with van der Waals surface area (Å²) < 4.78 is 0. The minimum absolute atomic E-state index is 0.182. The second kappa shape index (κ2) is 4.51. The number of hydrogen-bond acceptors (Lipinski definition) is 6. The Morgan fingerprint density at radius 2 is 2.10 bits per heavy atom. The molecule has 1 saturated heterocycles. The van der Waals surface area contributed by atoms with Crippen molar-refractivity contribution < 1.29 is 4.79 Å². The first-order chi connectivity index (χ1) is 10.2. The third kappa shape index (κ3) is 1.92. The molecular formula is C13H13ClN6O. The summed E-state index contributed by atoms with van der Waals surface area (Å²) in [5, 5.41) is 3.60. The minimum atomic E-state index is -0.182. The second-order valence-electron chi connectivity index (χ2n) is 5.22. The Morgan fingerprint density at radius 3 is 2.86 bits per heavy atom. The Kier molecular flexibility index (Phi) is 2.73. The van der Waals surface area contributed by atoms with Crippen LogP contribution in [-0.2, 0) is 4.79 Å². The van der Waals surface area contributed by atoms with Crippen molar-refractivity contribution in [2.75, 3.05) is 31.6 Å². The van der Waals surface area contributed by atoms with E-state index in [2.05, 4.69) is 25.2 Å². The highest BCUT2D eigenvalue weighted by molar-refractivity contribution is 6.50. The lowest BCUT2D eigenvalue weighted by molar-refractivity contribution is -0.115. The van der Waals surface area contributed by atoms with Crippen LogP contribution in [0.2, 0.25) is 5.15 Å². The smallest absolute Gasteiger partial charge is 0.267 e. The van der Waals surface area contributed by atoms with Crippen LogP contribution in [0.5, 0.6) is 0 Å². The van der Waals surface area contributed by atoms with E-state index in [1.165, 1.54) is 0 Å². The van der Waals surface area contributed by atoms with Crippen molar-refractivity contribution in [1.29, 1.82) is 0 Å². The van der Waals surface area contributed by atoms with Crippen LogP contribution in [0.1, 0.15) is 0 Å². The van der Waals surface area contributed by atoms with Crippen LogP contribution >= 0.6 is 11.6 Å². The topological polar surface area (TPSA) is 73.2 Å². The van der Waals surface area contributed by atoms with Crippen LogP contribution in [0.25, 0.3) is 0 Å². The van der Waals surface area contributed by atoms with E-state index >= 15 is 0 Å². The number of aliphatic imine (C=N–C) groups is 2. The van der Waals surface area contributed by atoms with Crippen molar-refractivity contribution in [3.05, 3.63) is 17.3 Å². The lowest BCUT2D eigenvalue weighted by Gasteiger charge is -2.42. The largest absolute Gasteiger partial charge is 0.350 e. The molecule has 0 aliphatic carbocycles. The number of likely N-dealkylation sites (N-methyl/N-ethyl adjacent to an activating group) is 1. The van der Waals surface area contributed by atoms with Gasteiger partial charge in [-0.25, -0.2) is 9.98 Å². The fraction of sp³-hybridized carbons (Fsp3) is 0.385.